The van der Waals surface area contributed by atoms with Crippen LogP contribution < -0.4 is 0 Å². The van der Waals surface area contributed by atoms with Crippen LogP contribution in [0.2, 0.25) is 5.02 Å². The Labute approximate surface area is 156 Å². The number of fused-ring (bicyclic) bond motifs is 1. The molecule has 3 aromatic rings. The number of phenolic OH excluding ortho intramolecular Hbond substituents is 3. The van der Waals surface area contributed by atoms with Crippen LogP contribution in [0.4, 0.5) is 0 Å². The second-order valence-corrected chi connectivity index (χ2v) is 7.16. The molecular formula is C22H19ClO3. The Morgan fingerprint density at radius 1 is 0.808 bits per heavy atom. The fraction of sp³-hybridized carbons (Fsp3) is 0.182. The van der Waals surface area contributed by atoms with Gasteiger partial charge in [-0.2, -0.15) is 0 Å². The summed E-state index contributed by atoms with van der Waals surface area (Å²) in [6.45, 7) is 0. The molecule has 0 spiro atoms. The minimum atomic E-state index is -0.252. The predicted molar refractivity (Wildman–Crippen MR) is 105 cm³/mol. The molecule has 132 valence electrons. The first kappa shape index (κ1) is 16.8. The normalized spacial score (nSPS) is 17.3. The molecule has 4 rings (SSSR count). The van der Waals surface area contributed by atoms with E-state index in [1.54, 1.807) is 24.3 Å². The van der Waals surface area contributed by atoms with Gasteiger partial charge in [0, 0.05) is 15.8 Å². The second kappa shape index (κ2) is 6.58. The minimum absolute atomic E-state index is 0.0205. The highest BCUT2D eigenvalue weighted by atomic mass is 35.5. The summed E-state index contributed by atoms with van der Waals surface area (Å²) in [6.07, 6.45) is 4.47. The maximum absolute atomic E-state index is 10.7. The first-order valence-electron chi connectivity index (χ1n) is 8.66. The molecule has 0 saturated carbocycles. The zero-order valence-corrected chi connectivity index (χ0v) is 14.9. The molecular weight excluding hydrogens is 348 g/mol. The molecule has 1 atom stereocenters. The summed E-state index contributed by atoms with van der Waals surface area (Å²) in [5.41, 5.74) is 2.45. The number of allylic oxidation sites excluding steroid dienone is 2. The number of hydrogen-bond donors (Lipinski definition) is 3. The Bertz CT molecular complexity index is 1010. The van der Waals surface area contributed by atoms with Crippen molar-refractivity contribution in [2.75, 3.05) is 0 Å². The minimum Gasteiger partial charge on any atom is -0.507 e. The van der Waals surface area contributed by atoms with Gasteiger partial charge in [0.15, 0.2) is 11.5 Å². The van der Waals surface area contributed by atoms with Crippen molar-refractivity contribution in [1.82, 2.24) is 0 Å². The average Bonchev–Trinajstić information content (AvgIpc) is 2.68. The lowest BCUT2D eigenvalue weighted by Crippen LogP contribution is -2.04. The van der Waals surface area contributed by atoms with Gasteiger partial charge in [-0.25, -0.2) is 0 Å². The summed E-state index contributed by atoms with van der Waals surface area (Å²) in [5.74, 6) is -0.0343. The lowest BCUT2D eigenvalue weighted by atomic mass is 9.82. The van der Waals surface area contributed by atoms with Gasteiger partial charge in [-0.3, -0.25) is 0 Å². The SMILES string of the molecule is Oc1c(C2=CC[C@H](c3ccc(Cl)cc3)CC2)c(O)c2ccccc2c1O. The summed E-state index contributed by atoms with van der Waals surface area (Å²) >= 11 is 5.96. The van der Waals surface area contributed by atoms with Crippen molar-refractivity contribution in [3.8, 4) is 17.2 Å². The van der Waals surface area contributed by atoms with Crippen molar-refractivity contribution in [3.63, 3.8) is 0 Å². The van der Waals surface area contributed by atoms with Crippen molar-refractivity contribution < 1.29 is 15.3 Å². The van der Waals surface area contributed by atoms with E-state index in [0.717, 1.165) is 23.4 Å². The fourth-order valence-corrected chi connectivity index (χ4v) is 3.92. The van der Waals surface area contributed by atoms with E-state index in [0.29, 0.717) is 28.7 Å². The first-order chi connectivity index (χ1) is 12.6. The smallest absolute Gasteiger partial charge is 0.169 e. The summed E-state index contributed by atoms with van der Waals surface area (Å²) in [4.78, 5) is 0. The van der Waals surface area contributed by atoms with E-state index < -0.39 is 0 Å². The molecule has 3 nitrogen and oxygen atoms in total. The van der Waals surface area contributed by atoms with Crippen LogP contribution in [-0.4, -0.2) is 15.3 Å². The lowest BCUT2D eigenvalue weighted by molar-refractivity contribution is 0.400. The second-order valence-electron chi connectivity index (χ2n) is 6.72. The number of benzene rings is 3. The summed E-state index contributed by atoms with van der Waals surface area (Å²) in [6, 6.07) is 14.9. The number of hydrogen-bond acceptors (Lipinski definition) is 3. The molecule has 0 heterocycles. The van der Waals surface area contributed by atoms with Crippen LogP contribution in [0.1, 0.15) is 36.3 Å². The maximum Gasteiger partial charge on any atom is 0.169 e. The van der Waals surface area contributed by atoms with E-state index in [9.17, 15) is 15.3 Å². The number of halogens is 1. The molecule has 3 aromatic carbocycles. The molecule has 0 fully saturated rings. The van der Waals surface area contributed by atoms with Crippen LogP contribution in [0.25, 0.3) is 16.3 Å². The van der Waals surface area contributed by atoms with Gasteiger partial charge in [0.2, 0.25) is 0 Å². The van der Waals surface area contributed by atoms with E-state index in [1.807, 2.05) is 30.3 Å². The first-order valence-corrected chi connectivity index (χ1v) is 9.04. The highest BCUT2D eigenvalue weighted by Gasteiger charge is 2.24. The van der Waals surface area contributed by atoms with Crippen molar-refractivity contribution in [2.24, 2.45) is 0 Å². The Morgan fingerprint density at radius 3 is 2.08 bits per heavy atom. The van der Waals surface area contributed by atoms with Gasteiger partial charge in [-0.15, -0.1) is 0 Å². The van der Waals surface area contributed by atoms with Gasteiger partial charge in [0.25, 0.3) is 0 Å². The number of aromatic hydroxyl groups is 3. The third-order valence-electron chi connectivity index (χ3n) is 5.21. The van der Waals surface area contributed by atoms with Gasteiger partial charge in [-0.1, -0.05) is 54.1 Å². The largest absolute Gasteiger partial charge is 0.507 e. The molecule has 0 aromatic heterocycles. The van der Waals surface area contributed by atoms with Crippen molar-refractivity contribution in [3.05, 3.63) is 70.8 Å². The molecule has 0 amide bonds. The molecule has 26 heavy (non-hydrogen) atoms. The lowest BCUT2D eigenvalue weighted by Gasteiger charge is -2.24. The molecule has 0 unspecified atom stereocenters. The molecule has 1 aliphatic carbocycles. The standard InChI is InChI=1S/C22H19ClO3/c23-16-11-9-14(10-12-16)13-5-7-15(8-6-13)19-20(24)17-3-1-2-4-18(17)21(25)22(19)26/h1-4,7,9-13,24-26H,5-6,8H2/t13-/m0/s1. The Morgan fingerprint density at radius 2 is 1.46 bits per heavy atom. The topological polar surface area (TPSA) is 60.7 Å². The van der Waals surface area contributed by atoms with E-state index >= 15 is 0 Å². The predicted octanol–water partition coefficient (Wildman–Crippen LogP) is 5.96. The monoisotopic (exact) mass is 366 g/mol. The quantitative estimate of drug-likeness (QED) is 0.387. The van der Waals surface area contributed by atoms with Crippen molar-refractivity contribution >= 4 is 27.9 Å². The van der Waals surface area contributed by atoms with Crippen LogP contribution in [-0.2, 0) is 0 Å². The molecule has 0 saturated heterocycles. The third-order valence-corrected chi connectivity index (χ3v) is 5.46. The maximum atomic E-state index is 10.7. The van der Waals surface area contributed by atoms with Gasteiger partial charge in [0.1, 0.15) is 5.75 Å². The highest BCUT2D eigenvalue weighted by Crippen LogP contribution is 2.49. The highest BCUT2D eigenvalue weighted by molar-refractivity contribution is 6.30. The van der Waals surface area contributed by atoms with Gasteiger partial charge in [0.05, 0.1) is 5.56 Å². The number of phenols is 3. The molecule has 0 bridgehead atoms. The average molecular weight is 367 g/mol. The molecule has 3 N–H and O–H groups in total. The Kier molecular flexibility index (Phi) is 4.25. The van der Waals surface area contributed by atoms with Crippen molar-refractivity contribution in [1.29, 1.82) is 0 Å². The molecule has 1 aliphatic rings. The van der Waals surface area contributed by atoms with Crippen LogP contribution in [0.15, 0.2) is 54.6 Å². The van der Waals surface area contributed by atoms with E-state index in [1.165, 1.54) is 5.56 Å². The fourth-order valence-electron chi connectivity index (χ4n) is 3.79. The van der Waals surface area contributed by atoms with Gasteiger partial charge >= 0.3 is 0 Å². The van der Waals surface area contributed by atoms with Gasteiger partial charge in [-0.05, 0) is 48.4 Å². The van der Waals surface area contributed by atoms with E-state index in [4.69, 9.17) is 11.6 Å². The van der Waals surface area contributed by atoms with Crippen LogP contribution >= 0.6 is 11.6 Å². The zero-order chi connectivity index (χ0) is 18.3. The molecule has 0 aliphatic heterocycles. The number of rotatable bonds is 2. The summed E-state index contributed by atoms with van der Waals surface area (Å²) in [5, 5.41) is 33.2. The van der Waals surface area contributed by atoms with Crippen molar-refractivity contribution in [2.45, 2.75) is 25.2 Å². The Balaban J connectivity index is 1.72. The van der Waals surface area contributed by atoms with Crippen LogP contribution in [0.3, 0.4) is 0 Å². The third kappa shape index (κ3) is 2.78. The van der Waals surface area contributed by atoms with E-state index in [2.05, 4.69) is 0 Å². The van der Waals surface area contributed by atoms with Crippen LogP contribution in [0.5, 0.6) is 17.2 Å². The zero-order valence-electron chi connectivity index (χ0n) is 14.1. The molecule has 0 radical (unpaired) electrons. The summed E-state index contributed by atoms with van der Waals surface area (Å²) in [7, 11) is 0. The summed E-state index contributed by atoms with van der Waals surface area (Å²) < 4.78 is 0. The molecule has 4 heteroatoms. The van der Waals surface area contributed by atoms with Gasteiger partial charge < -0.3 is 15.3 Å². The Hall–Kier alpha value is -2.65. The van der Waals surface area contributed by atoms with E-state index in [-0.39, 0.29) is 17.2 Å². The van der Waals surface area contributed by atoms with Crippen LogP contribution in [0, 0.1) is 0 Å².